The smallest absolute Gasteiger partial charge is 0.407 e. The minimum absolute atomic E-state index is 0.0184. The number of rotatable bonds is 8. The van der Waals surface area contributed by atoms with Gasteiger partial charge in [-0.3, -0.25) is 9.63 Å². The van der Waals surface area contributed by atoms with E-state index in [0.29, 0.717) is 6.42 Å². The second-order valence-electron chi connectivity index (χ2n) is 6.82. The molecule has 0 heterocycles. The standard InChI is InChI=1S/C22H26N2O4S/c1-24(27-2)21(25)20(12-13-29-3)23-22(26)28-14-19-17-10-6-4-8-15(17)16-9-5-7-11-18(16)19/h4-11,19-20H,12-14H2,1-3H3,(H,23,26)/t20-/m0/s1. The number of nitrogens with zero attached hydrogens (tertiary/aromatic N) is 1. The van der Waals surface area contributed by atoms with Gasteiger partial charge in [-0.1, -0.05) is 48.5 Å². The van der Waals surface area contributed by atoms with Crippen molar-refractivity contribution >= 4 is 23.8 Å². The van der Waals surface area contributed by atoms with Gasteiger partial charge in [0.25, 0.3) is 5.91 Å². The molecule has 1 aliphatic carbocycles. The summed E-state index contributed by atoms with van der Waals surface area (Å²) >= 11 is 1.61. The quantitative estimate of drug-likeness (QED) is 0.668. The predicted octanol–water partition coefficient (Wildman–Crippen LogP) is 3.67. The Morgan fingerprint density at radius 2 is 1.69 bits per heavy atom. The second kappa shape index (κ2) is 9.80. The highest BCUT2D eigenvalue weighted by Crippen LogP contribution is 2.44. The maximum absolute atomic E-state index is 12.5. The van der Waals surface area contributed by atoms with E-state index in [-0.39, 0.29) is 18.4 Å². The lowest BCUT2D eigenvalue weighted by Crippen LogP contribution is -2.47. The highest BCUT2D eigenvalue weighted by atomic mass is 32.2. The molecule has 0 spiro atoms. The average molecular weight is 415 g/mol. The van der Waals surface area contributed by atoms with Crippen molar-refractivity contribution in [1.29, 1.82) is 0 Å². The van der Waals surface area contributed by atoms with Crippen LogP contribution in [0.3, 0.4) is 0 Å². The normalized spacial score (nSPS) is 13.3. The molecule has 1 aliphatic rings. The number of ether oxygens (including phenoxy) is 1. The fraction of sp³-hybridized carbons (Fsp3) is 0.364. The molecular formula is C22H26N2O4S. The maximum atomic E-state index is 12.5. The Labute approximate surface area is 175 Å². The average Bonchev–Trinajstić information content (AvgIpc) is 3.08. The summed E-state index contributed by atoms with van der Waals surface area (Å²) in [6.45, 7) is 0.212. The number of fused-ring (bicyclic) bond motifs is 3. The lowest BCUT2D eigenvalue weighted by molar-refractivity contribution is -0.170. The zero-order valence-electron chi connectivity index (χ0n) is 16.9. The number of hydroxylamine groups is 2. The molecule has 7 heteroatoms. The summed E-state index contributed by atoms with van der Waals surface area (Å²) in [6.07, 6.45) is 1.85. The van der Waals surface area contributed by atoms with Crippen molar-refractivity contribution in [2.45, 2.75) is 18.4 Å². The van der Waals surface area contributed by atoms with Gasteiger partial charge in [-0.2, -0.15) is 11.8 Å². The van der Waals surface area contributed by atoms with E-state index in [2.05, 4.69) is 29.6 Å². The number of alkyl carbamates (subject to hydrolysis) is 1. The number of thioether (sulfide) groups is 1. The SMILES string of the molecule is CON(C)C(=O)[C@H](CCSC)NC(=O)OCC1c2ccccc2-c2ccccc21. The molecule has 0 unspecified atom stereocenters. The third-order valence-corrected chi connectivity index (χ3v) is 5.77. The molecule has 0 saturated heterocycles. The molecular weight excluding hydrogens is 388 g/mol. The fourth-order valence-corrected chi connectivity index (χ4v) is 4.06. The number of amides is 2. The van der Waals surface area contributed by atoms with E-state index in [9.17, 15) is 9.59 Å². The summed E-state index contributed by atoms with van der Waals surface area (Å²) in [5, 5.41) is 3.81. The number of carbonyl (C=O) groups excluding carboxylic acids is 2. The van der Waals surface area contributed by atoms with Crippen molar-refractivity contribution in [2.24, 2.45) is 0 Å². The van der Waals surface area contributed by atoms with Crippen molar-refractivity contribution in [3.63, 3.8) is 0 Å². The van der Waals surface area contributed by atoms with Gasteiger partial charge in [0.05, 0.1) is 7.11 Å². The van der Waals surface area contributed by atoms with E-state index < -0.39 is 12.1 Å². The van der Waals surface area contributed by atoms with Crippen LogP contribution in [-0.2, 0) is 14.4 Å². The van der Waals surface area contributed by atoms with Crippen molar-refractivity contribution < 1.29 is 19.2 Å². The fourth-order valence-electron chi connectivity index (χ4n) is 3.58. The van der Waals surface area contributed by atoms with Crippen LogP contribution in [-0.4, -0.2) is 55.9 Å². The van der Waals surface area contributed by atoms with Gasteiger partial charge < -0.3 is 10.1 Å². The predicted molar refractivity (Wildman–Crippen MR) is 115 cm³/mol. The Morgan fingerprint density at radius 3 is 2.24 bits per heavy atom. The molecule has 0 bridgehead atoms. The van der Waals surface area contributed by atoms with Gasteiger partial charge in [-0.05, 0) is 40.7 Å². The second-order valence-corrected chi connectivity index (χ2v) is 7.81. The number of benzene rings is 2. The summed E-state index contributed by atoms with van der Waals surface area (Å²) in [5.41, 5.74) is 4.64. The van der Waals surface area contributed by atoms with Gasteiger partial charge in [0, 0.05) is 13.0 Å². The molecule has 0 aromatic heterocycles. The van der Waals surface area contributed by atoms with Crippen molar-refractivity contribution in [3.05, 3.63) is 59.7 Å². The summed E-state index contributed by atoms with van der Waals surface area (Å²) in [4.78, 5) is 29.8. The van der Waals surface area contributed by atoms with Crippen molar-refractivity contribution in [3.8, 4) is 11.1 Å². The lowest BCUT2D eigenvalue weighted by atomic mass is 9.98. The van der Waals surface area contributed by atoms with Crippen LogP contribution in [0.1, 0.15) is 23.5 Å². The highest BCUT2D eigenvalue weighted by molar-refractivity contribution is 7.98. The minimum Gasteiger partial charge on any atom is -0.449 e. The Bertz CT molecular complexity index is 828. The van der Waals surface area contributed by atoms with Crippen molar-refractivity contribution in [1.82, 2.24) is 10.4 Å². The zero-order valence-corrected chi connectivity index (χ0v) is 17.7. The van der Waals surface area contributed by atoms with Crippen LogP contribution in [0.2, 0.25) is 0 Å². The molecule has 2 amide bonds. The summed E-state index contributed by atoms with van der Waals surface area (Å²) in [7, 11) is 2.94. The van der Waals surface area contributed by atoms with Gasteiger partial charge in [0.2, 0.25) is 0 Å². The number of carbonyl (C=O) groups is 2. The van der Waals surface area contributed by atoms with E-state index in [4.69, 9.17) is 9.57 Å². The zero-order chi connectivity index (χ0) is 20.8. The third-order valence-electron chi connectivity index (χ3n) is 5.13. The number of nitrogens with one attached hydrogen (secondary N) is 1. The van der Waals surface area contributed by atoms with Crippen LogP contribution in [0.4, 0.5) is 4.79 Å². The van der Waals surface area contributed by atoms with Gasteiger partial charge in [0.15, 0.2) is 0 Å². The van der Waals surface area contributed by atoms with Crippen LogP contribution in [0, 0.1) is 0 Å². The number of hydrogen-bond donors (Lipinski definition) is 1. The van der Waals surface area contributed by atoms with Crippen LogP contribution in [0.5, 0.6) is 0 Å². The third kappa shape index (κ3) is 4.74. The van der Waals surface area contributed by atoms with E-state index >= 15 is 0 Å². The molecule has 0 fully saturated rings. The molecule has 6 nitrogen and oxygen atoms in total. The Morgan fingerprint density at radius 1 is 1.10 bits per heavy atom. The Hall–Kier alpha value is -2.51. The first-order valence-electron chi connectivity index (χ1n) is 9.49. The maximum Gasteiger partial charge on any atom is 0.407 e. The molecule has 2 aromatic carbocycles. The first-order chi connectivity index (χ1) is 14.1. The molecule has 1 N–H and O–H groups in total. The van der Waals surface area contributed by atoms with Crippen LogP contribution in [0.15, 0.2) is 48.5 Å². The van der Waals surface area contributed by atoms with Crippen molar-refractivity contribution in [2.75, 3.05) is 32.8 Å². The summed E-state index contributed by atoms with van der Waals surface area (Å²) < 4.78 is 5.55. The Kier molecular flexibility index (Phi) is 7.17. The molecule has 2 aromatic rings. The first-order valence-corrected chi connectivity index (χ1v) is 10.9. The molecule has 1 atom stereocenters. The summed E-state index contributed by atoms with van der Waals surface area (Å²) in [5.74, 6) is 0.405. The van der Waals surface area contributed by atoms with E-state index in [1.165, 1.54) is 25.3 Å². The highest BCUT2D eigenvalue weighted by Gasteiger charge is 2.30. The van der Waals surface area contributed by atoms with Gasteiger partial charge >= 0.3 is 6.09 Å². The monoisotopic (exact) mass is 414 g/mol. The van der Waals surface area contributed by atoms with Gasteiger partial charge in [-0.25, -0.2) is 9.86 Å². The molecule has 0 saturated carbocycles. The summed E-state index contributed by atoms with van der Waals surface area (Å²) in [6, 6.07) is 15.6. The van der Waals surface area contributed by atoms with Crippen LogP contribution >= 0.6 is 11.8 Å². The lowest BCUT2D eigenvalue weighted by Gasteiger charge is -2.23. The largest absolute Gasteiger partial charge is 0.449 e. The van der Waals surface area contributed by atoms with Crippen LogP contribution < -0.4 is 5.32 Å². The molecule has 3 rings (SSSR count). The Balaban J connectivity index is 1.67. The van der Waals surface area contributed by atoms with E-state index in [1.54, 1.807) is 11.8 Å². The molecule has 0 radical (unpaired) electrons. The van der Waals surface area contributed by atoms with Gasteiger partial charge in [-0.15, -0.1) is 0 Å². The number of likely N-dealkylation sites (N-methyl/N-ethyl adjacent to an activating group) is 1. The van der Waals surface area contributed by atoms with Crippen LogP contribution in [0.25, 0.3) is 11.1 Å². The van der Waals surface area contributed by atoms with E-state index in [0.717, 1.165) is 21.9 Å². The first kappa shape index (κ1) is 21.2. The number of hydrogen-bond acceptors (Lipinski definition) is 5. The van der Waals surface area contributed by atoms with Gasteiger partial charge in [0.1, 0.15) is 12.6 Å². The topological polar surface area (TPSA) is 67.9 Å². The molecule has 0 aliphatic heterocycles. The van der Waals surface area contributed by atoms with E-state index in [1.807, 2.05) is 30.5 Å². The minimum atomic E-state index is -0.692. The molecule has 154 valence electrons. The molecule has 29 heavy (non-hydrogen) atoms.